The van der Waals surface area contributed by atoms with Gasteiger partial charge in [0.25, 0.3) is 11.8 Å². The van der Waals surface area contributed by atoms with Gasteiger partial charge >= 0.3 is 0 Å². The summed E-state index contributed by atoms with van der Waals surface area (Å²) in [5, 5.41) is 5.56. The summed E-state index contributed by atoms with van der Waals surface area (Å²) in [6, 6.07) is 16.1. The van der Waals surface area contributed by atoms with Crippen LogP contribution in [0.1, 0.15) is 20.7 Å². The second-order valence-electron chi connectivity index (χ2n) is 6.22. The van der Waals surface area contributed by atoms with Crippen molar-refractivity contribution in [2.75, 3.05) is 27.3 Å². The van der Waals surface area contributed by atoms with Gasteiger partial charge in [-0.05, 0) is 54.6 Å². The lowest BCUT2D eigenvalue weighted by Crippen LogP contribution is -2.34. The zero-order valence-electron chi connectivity index (χ0n) is 16.3. The van der Waals surface area contributed by atoms with E-state index >= 15 is 0 Å². The lowest BCUT2D eigenvalue weighted by molar-refractivity contribution is 0.0927. The van der Waals surface area contributed by atoms with E-state index in [2.05, 4.69) is 10.6 Å². The average Bonchev–Trinajstić information content (AvgIpc) is 3.31. The van der Waals surface area contributed by atoms with Crippen LogP contribution in [0.4, 0.5) is 0 Å². The topological polar surface area (TPSA) is 81.6 Å². The molecular weight excluding hydrogens is 370 g/mol. The summed E-state index contributed by atoms with van der Waals surface area (Å²) >= 11 is 0. The van der Waals surface area contributed by atoms with E-state index in [0.29, 0.717) is 35.7 Å². The molecule has 1 aromatic heterocycles. The standard InChI is InChI=1S/C22H23N3O4/c1-28-19-10-7-17(15-20(19)29-2)22(27)24-12-11-23-21(26)16-5-8-18(9-6-16)25-13-3-4-14-25/h3-10,13-15H,11-12H2,1-2H3,(H,23,26)(H,24,27). The molecule has 7 nitrogen and oxygen atoms in total. The van der Waals surface area contributed by atoms with Gasteiger partial charge in [0.15, 0.2) is 11.5 Å². The van der Waals surface area contributed by atoms with Crippen molar-refractivity contribution in [3.8, 4) is 17.2 Å². The number of methoxy groups -OCH3 is 2. The number of amides is 2. The zero-order valence-corrected chi connectivity index (χ0v) is 16.3. The Morgan fingerprint density at radius 2 is 1.34 bits per heavy atom. The number of hydrogen-bond acceptors (Lipinski definition) is 4. The molecule has 0 saturated heterocycles. The van der Waals surface area contributed by atoms with Gasteiger partial charge in [-0.25, -0.2) is 0 Å². The van der Waals surface area contributed by atoms with Crippen LogP contribution in [0.2, 0.25) is 0 Å². The highest BCUT2D eigenvalue weighted by atomic mass is 16.5. The van der Waals surface area contributed by atoms with Crippen LogP contribution in [0, 0.1) is 0 Å². The number of hydrogen-bond donors (Lipinski definition) is 2. The van der Waals surface area contributed by atoms with E-state index in [9.17, 15) is 9.59 Å². The molecule has 7 heteroatoms. The first kappa shape index (κ1) is 20.0. The summed E-state index contributed by atoms with van der Waals surface area (Å²) in [6.07, 6.45) is 3.88. The van der Waals surface area contributed by atoms with Crippen LogP contribution in [0.3, 0.4) is 0 Å². The van der Waals surface area contributed by atoms with Gasteiger partial charge in [-0.3, -0.25) is 9.59 Å². The molecule has 0 fully saturated rings. The number of ether oxygens (including phenoxy) is 2. The molecular formula is C22H23N3O4. The first-order chi connectivity index (χ1) is 14.1. The van der Waals surface area contributed by atoms with Gasteiger partial charge in [0.2, 0.25) is 0 Å². The first-order valence-corrected chi connectivity index (χ1v) is 9.14. The molecule has 3 rings (SSSR count). The van der Waals surface area contributed by atoms with Crippen molar-refractivity contribution in [3.63, 3.8) is 0 Å². The van der Waals surface area contributed by atoms with E-state index in [1.807, 2.05) is 41.2 Å². The van der Waals surface area contributed by atoms with E-state index in [1.54, 1.807) is 30.3 Å². The van der Waals surface area contributed by atoms with Crippen molar-refractivity contribution in [2.45, 2.75) is 0 Å². The molecule has 0 aliphatic heterocycles. The van der Waals surface area contributed by atoms with E-state index in [-0.39, 0.29) is 11.8 Å². The molecule has 1 heterocycles. The molecule has 0 aliphatic rings. The van der Waals surface area contributed by atoms with Gasteiger partial charge in [-0.15, -0.1) is 0 Å². The van der Waals surface area contributed by atoms with Crippen molar-refractivity contribution in [1.29, 1.82) is 0 Å². The van der Waals surface area contributed by atoms with Gasteiger partial charge < -0.3 is 24.7 Å². The molecule has 2 N–H and O–H groups in total. The average molecular weight is 393 g/mol. The fourth-order valence-corrected chi connectivity index (χ4v) is 2.83. The van der Waals surface area contributed by atoms with Crippen molar-refractivity contribution in [3.05, 3.63) is 78.1 Å². The maximum Gasteiger partial charge on any atom is 0.251 e. The summed E-state index contributed by atoms with van der Waals surface area (Å²) in [7, 11) is 3.05. The number of nitrogens with zero attached hydrogens (tertiary/aromatic N) is 1. The Bertz CT molecular complexity index is 966. The molecule has 2 amide bonds. The monoisotopic (exact) mass is 393 g/mol. The third-order valence-electron chi connectivity index (χ3n) is 4.37. The Balaban J connectivity index is 1.47. The predicted molar refractivity (Wildman–Crippen MR) is 110 cm³/mol. The normalized spacial score (nSPS) is 10.3. The molecule has 0 spiro atoms. The van der Waals surface area contributed by atoms with Gasteiger partial charge in [0.1, 0.15) is 0 Å². The summed E-state index contributed by atoms with van der Waals surface area (Å²) in [6.45, 7) is 0.623. The summed E-state index contributed by atoms with van der Waals surface area (Å²) in [5.74, 6) is 0.594. The minimum atomic E-state index is -0.253. The van der Waals surface area contributed by atoms with Crippen LogP contribution in [-0.2, 0) is 0 Å². The predicted octanol–water partition coefficient (Wildman–Crippen LogP) is 2.65. The molecule has 150 valence electrons. The smallest absolute Gasteiger partial charge is 0.251 e. The van der Waals surface area contributed by atoms with Crippen LogP contribution in [-0.4, -0.2) is 43.7 Å². The minimum absolute atomic E-state index is 0.190. The fourth-order valence-electron chi connectivity index (χ4n) is 2.83. The highest BCUT2D eigenvalue weighted by molar-refractivity contribution is 5.95. The third-order valence-corrected chi connectivity index (χ3v) is 4.37. The third kappa shape index (κ3) is 4.95. The van der Waals surface area contributed by atoms with E-state index in [4.69, 9.17) is 9.47 Å². The maximum absolute atomic E-state index is 12.3. The molecule has 0 atom stereocenters. The lowest BCUT2D eigenvalue weighted by Gasteiger charge is -2.10. The Morgan fingerprint density at radius 1 is 0.793 bits per heavy atom. The largest absolute Gasteiger partial charge is 0.493 e. The van der Waals surface area contributed by atoms with Crippen LogP contribution < -0.4 is 20.1 Å². The summed E-state index contributed by atoms with van der Waals surface area (Å²) in [4.78, 5) is 24.5. The zero-order chi connectivity index (χ0) is 20.6. The SMILES string of the molecule is COc1ccc(C(=O)NCCNC(=O)c2ccc(-n3cccc3)cc2)cc1OC. The van der Waals surface area contributed by atoms with Crippen molar-refractivity contribution in [2.24, 2.45) is 0 Å². The molecule has 0 bridgehead atoms. The highest BCUT2D eigenvalue weighted by Gasteiger charge is 2.11. The van der Waals surface area contributed by atoms with Gasteiger partial charge in [0, 0.05) is 42.3 Å². The van der Waals surface area contributed by atoms with Crippen molar-refractivity contribution >= 4 is 11.8 Å². The maximum atomic E-state index is 12.3. The molecule has 3 aromatic rings. The lowest BCUT2D eigenvalue weighted by atomic mass is 10.2. The summed E-state index contributed by atoms with van der Waals surface area (Å²) < 4.78 is 12.3. The number of carbonyl (C=O) groups is 2. The molecule has 2 aromatic carbocycles. The Kier molecular flexibility index (Phi) is 6.52. The number of rotatable bonds is 8. The number of aromatic nitrogens is 1. The van der Waals surface area contributed by atoms with Crippen LogP contribution >= 0.6 is 0 Å². The Labute approximate surface area is 169 Å². The van der Waals surface area contributed by atoms with Crippen LogP contribution in [0.15, 0.2) is 67.0 Å². The summed E-state index contributed by atoms with van der Waals surface area (Å²) in [5.41, 5.74) is 2.00. The molecule has 29 heavy (non-hydrogen) atoms. The second-order valence-corrected chi connectivity index (χ2v) is 6.22. The van der Waals surface area contributed by atoms with E-state index in [0.717, 1.165) is 5.69 Å². The van der Waals surface area contributed by atoms with Gasteiger partial charge in [-0.1, -0.05) is 0 Å². The van der Waals surface area contributed by atoms with Gasteiger partial charge in [0.05, 0.1) is 14.2 Å². The van der Waals surface area contributed by atoms with Gasteiger partial charge in [-0.2, -0.15) is 0 Å². The molecule has 0 unspecified atom stereocenters. The quantitative estimate of drug-likeness (QED) is 0.577. The van der Waals surface area contributed by atoms with E-state index < -0.39 is 0 Å². The number of carbonyl (C=O) groups excluding carboxylic acids is 2. The van der Waals surface area contributed by atoms with Crippen molar-refractivity contribution in [1.82, 2.24) is 15.2 Å². The van der Waals surface area contributed by atoms with Crippen LogP contribution in [0.5, 0.6) is 11.5 Å². The Hall–Kier alpha value is -3.74. The van der Waals surface area contributed by atoms with Crippen LogP contribution in [0.25, 0.3) is 5.69 Å². The fraction of sp³-hybridized carbons (Fsp3) is 0.182. The Morgan fingerprint density at radius 3 is 1.93 bits per heavy atom. The highest BCUT2D eigenvalue weighted by Crippen LogP contribution is 2.27. The van der Waals surface area contributed by atoms with Crippen molar-refractivity contribution < 1.29 is 19.1 Å². The molecule has 0 saturated carbocycles. The molecule has 0 radical (unpaired) electrons. The van der Waals surface area contributed by atoms with E-state index in [1.165, 1.54) is 14.2 Å². The second kappa shape index (κ2) is 9.45. The number of benzene rings is 2. The number of nitrogens with one attached hydrogen (secondary N) is 2. The first-order valence-electron chi connectivity index (χ1n) is 9.14. The minimum Gasteiger partial charge on any atom is -0.493 e. The molecule has 0 aliphatic carbocycles.